The lowest BCUT2D eigenvalue weighted by Crippen LogP contribution is -2.57. The average Bonchev–Trinajstić information content (AvgIpc) is 2.54. The van der Waals surface area contributed by atoms with Gasteiger partial charge in [0.2, 0.25) is 0 Å². The molecule has 1 amide bonds. The van der Waals surface area contributed by atoms with E-state index in [1.807, 2.05) is 26.8 Å². The van der Waals surface area contributed by atoms with Gasteiger partial charge in [-0.25, -0.2) is 0 Å². The summed E-state index contributed by atoms with van der Waals surface area (Å²) in [4.78, 5) is 27.0. The highest BCUT2D eigenvalue weighted by molar-refractivity contribution is 6.33. The quantitative estimate of drug-likeness (QED) is 0.833. The van der Waals surface area contributed by atoms with Crippen LogP contribution in [0.25, 0.3) is 0 Å². The molecule has 1 saturated heterocycles. The molecule has 0 saturated carbocycles. The smallest absolute Gasteiger partial charge is 0.255 e. The molecule has 1 spiro atoms. The molecule has 5 nitrogen and oxygen atoms in total. The summed E-state index contributed by atoms with van der Waals surface area (Å²) < 4.78 is 6.00. The molecule has 0 aromatic heterocycles. The molecule has 0 radical (unpaired) electrons. The number of carbonyl (C=O) groups excluding carboxylic acids is 2. The molecule has 1 fully saturated rings. The van der Waals surface area contributed by atoms with Crippen LogP contribution in [0.2, 0.25) is 5.02 Å². The molecule has 0 bridgehead atoms. The summed E-state index contributed by atoms with van der Waals surface area (Å²) in [6.45, 7) is 6.87. The third kappa shape index (κ3) is 3.31. The topological polar surface area (TPSA) is 72.6 Å². The second-order valence-corrected chi connectivity index (χ2v) is 8.02. The predicted octanol–water partition coefficient (Wildman–Crippen LogP) is 2.70. The van der Waals surface area contributed by atoms with Gasteiger partial charge in [0.15, 0.2) is 5.78 Å². The first kappa shape index (κ1) is 18.0. The number of nitrogens with zero attached hydrogens (tertiary/aromatic N) is 1. The fraction of sp³-hybridized carbons (Fsp3) is 0.474. The van der Waals surface area contributed by atoms with E-state index >= 15 is 0 Å². The van der Waals surface area contributed by atoms with Crippen molar-refractivity contribution in [2.24, 2.45) is 11.1 Å². The van der Waals surface area contributed by atoms with Crippen molar-refractivity contribution in [3.63, 3.8) is 0 Å². The third-order valence-corrected chi connectivity index (χ3v) is 5.21. The van der Waals surface area contributed by atoms with E-state index in [9.17, 15) is 9.59 Å². The highest BCUT2D eigenvalue weighted by Crippen LogP contribution is 2.40. The maximum Gasteiger partial charge on any atom is 0.255 e. The Morgan fingerprint density at radius 3 is 2.76 bits per heavy atom. The number of aryl methyl sites for hydroxylation is 1. The van der Waals surface area contributed by atoms with Crippen molar-refractivity contribution in [2.45, 2.75) is 32.8 Å². The van der Waals surface area contributed by atoms with E-state index in [4.69, 9.17) is 22.1 Å². The molecule has 6 heteroatoms. The van der Waals surface area contributed by atoms with E-state index in [2.05, 4.69) is 0 Å². The SMILES string of the molecule is Cc1ccc(Cl)c(C(=O)N2CCOC3(C=C(N)C(=O)C(C)(C)C3)C2)c1. The minimum absolute atomic E-state index is 0.0769. The van der Waals surface area contributed by atoms with Gasteiger partial charge in [0, 0.05) is 12.0 Å². The largest absolute Gasteiger partial charge is 0.396 e. The number of nitrogens with two attached hydrogens (primary N) is 1. The van der Waals surface area contributed by atoms with Gasteiger partial charge in [-0.1, -0.05) is 37.1 Å². The average molecular weight is 363 g/mol. The first-order valence-corrected chi connectivity index (χ1v) is 8.74. The first-order valence-electron chi connectivity index (χ1n) is 8.36. The Balaban J connectivity index is 1.90. The molecule has 2 aliphatic rings. The fourth-order valence-corrected chi connectivity index (χ4v) is 3.97. The lowest BCUT2D eigenvalue weighted by atomic mass is 9.71. The Morgan fingerprint density at radius 2 is 2.08 bits per heavy atom. The van der Waals surface area contributed by atoms with Crippen LogP contribution in [-0.2, 0) is 9.53 Å². The summed E-state index contributed by atoms with van der Waals surface area (Å²) >= 11 is 6.22. The summed E-state index contributed by atoms with van der Waals surface area (Å²) in [5.41, 5.74) is 6.26. The molecule has 1 aliphatic heterocycles. The van der Waals surface area contributed by atoms with Crippen LogP contribution in [0.5, 0.6) is 0 Å². The van der Waals surface area contributed by atoms with Crippen molar-refractivity contribution >= 4 is 23.3 Å². The van der Waals surface area contributed by atoms with Crippen LogP contribution in [-0.4, -0.2) is 41.9 Å². The number of allylic oxidation sites excluding steroid dienone is 1. The Labute approximate surface area is 152 Å². The van der Waals surface area contributed by atoms with Gasteiger partial charge in [-0.15, -0.1) is 0 Å². The highest BCUT2D eigenvalue weighted by atomic mass is 35.5. The number of Topliss-reactive ketones (excluding diaryl/α,β-unsaturated/α-hetero) is 1. The number of ether oxygens (including phenoxy) is 1. The summed E-state index contributed by atoms with van der Waals surface area (Å²) in [5, 5.41) is 0.436. The van der Waals surface area contributed by atoms with E-state index in [-0.39, 0.29) is 17.4 Å². The normalized spacial score (nSPS) is 25.8. The lowest BCUT2D eigenvalue weighted by Gasteiger charge is -2.46. The van der Waals surface area contributed by atoms with E-state index in [0.717, 1.165) is 5.56 Å². The summed E-state index contributed by atoms with van der Waals surface area (Å²) in [6.07, 6.45) is 2.17. The zero-order valence-corrected chi connectivity index (χ0v) is 15.5. The number of morpholine rings is 1. The van der Waals surface area contributed by atoms with Gasteiger partial charge < -0.3 is 15.4 Å². The van der Waals surface area contributed by atoms with Crippen LogP contribution in [0.1, 0.15) is 36.2 Å². The van der Waals surface area contributed by atoms with Gasteiger partial charge in [-0.05, 0) is 31.6 Å². The molecular weight excluding hydrogens is 340 g/mol. The molecule has 134 valence electrons. The first-order chi connectivity index (χ1) is 11.6. The van der Waals surface area contributed by atoms with Crippen molar-refractivity contribution < 1.29 is 14.3 Å². The zero-order chi connectivity index (χ0) is 18.4. The monoisotopic (exact) mass is 362 g/mol. The predicted molar refractivity (Wildman–Crippen MR) is 96.5 cm³/mol. The van der Waals surface area contributed by atoms with Crippen molar-refractivity contribution in [3.8, 4) is 0 Å². The van der Waals surface area contributed by atoms with Crippen molar-refractivity contribution in [3.05, 3.63) is 46.1 Å². The van der Waals surface area contributed by atoms with Gasteiger partial charge in [0.05, 0.1) is 29.4 Å². The van der Waals surface area contributed by atoms with Gasteiger partial charge in [0.1, 0.15) is 5.60 Å². The number of hydrogen-bond donors (Lipinski definition) is 1. The van der Waals surface area contributed by atoms with Crippen molar-refractivity contribution in [1.82, 2.24) is 4.90 Å². The lowest BCUT2D eigenvalue weighted by molar-refractivity contribution is -0.135. The molecule has 25 heavy (non-hydrogen) atoms. The van der Waals surface area contributed by atoms with Crippen LogP contribution in [0.4, 0.5) is 0 Å². The maximum absolute atomic E-state index is 13.0. The summed E-state index contributed by atoms with van der Waals surface area (Å²) in [5.74, 6) is -0.204. The van der Waals surface area contributed by atoms with Crippen molar-refractivity contribution in [2.75, 3.05) is 19.7 Å². The number of carbonyl (C=O) groups is 2. The van der Waals surface area contributed by atoms with Crippen LogP contribution in [0.15, 0.2) is 30.0 Å². The zero-order valence-electron chi connectivity index (χ0n) is 14.8. The minimum Gasteiger partial charge on any atom is -0.396 e. The molecule has 1 aromatic carbocycles. The van der Waals surface area contributed by atoms with Crippen LogP contribution in [0, 0.1) is 12.3 Å². The maximum atomic E-state index is 13.0. The van der Waals surface area contributed by atoms with Crippen LogP contribution in [0.3, 0.4) is 0 Å². The molecule has 1 aromatic rings. The summed E-state index contributed by atoms with van der Waals surface area (Å²) in [6, 6.07) is 5.41. The molecule has 1 aliphatic carbocycles. The highest BCUT2D eigenvalue weighted by Gasteiger charge is 2.48. The molecule has 1 heterocycles. The molecular formula is C19H23ClN2O3. The van der Waals surface area contributed by atoms with Gasteiger partial charge in [-0.2, -0.15) is 0 Å². The van der Waals surface area contributed by atoms with Gasteiger partial charge >= 0.3 is 0 Å². The standard InChI is InChI=1S/C19H23ClN2O3/c1-12-4-5-14(20)13(8-12)17(24)22-6-7-25-19(11-22)9-15(21)16(23)18(2,3)10-19/h4-5,8-9H,6-7,10-11,21H2,1-3H3. The second kappa shape index (κ2) is 6.15. The number of benzene rings is 1. The van der Waals surface area contributed by atoms with Crippen LogP contribution >= 0.6 is 11.6 Å². The van der Waals surface area contributed by atoms with Gasteiger partial charge in [0.25, 0.3) is 5.91 Å². The van der Waals surface area contributed by atoms with Crippen molar-refractivity contribution in [1.29, 1.82) is 0 Å². The number of amides is 1. The number of halogens is 1. The van der Waals surface area contributed by atoms with E-state index in [0.29, 0.717) is 36.7 Å². The van der Waals surface area contributed by atoms with Crippen LogP contribution < -0.4 is 5.73 Å². The van der Waals surface area contributed by atoms with E-state index in [1.165, 1.54) is 0 Å². The molecule has 1 unspecified atom stereocenters. The Bertz CT molecular complexity index is 772. The van der Waals surface area contributed by atoms with Gasteiger partial charge in [-0.3, -0.25) is 9.59 Å². The summed E-state index contributed by atoms with van der Waals surface area (Å²) in [7, 11) is 0. The number of ketones is 1. The van der Waals surface area contributed by atoms with E-state index in [1.54, 1.807) is 23.1 Å². The molecule has 2 N–H and O–H groups in total. The third-order valence-electron chi connectivity index (χ3n) is 4.89. The Kier molecular flexibility index (Phi) is 4.41. The number of hydrogen-bond acceptors (Lipinski definition) is 4. The minimum atomic E-state index is -0.730. The molecule has 1 atom stereocenters. The van der Waals surface area contributed by atoms with E-state index < -0.39 is 11.0 Å². The number of rotatable bonds is 1. The Hall–Kier alpha value is -1.85. The Morgan fingerprint density at radius 1 is 1.36 bits per heavy atom. The second-order valence-electron chi connectivity index (χ2n) is 7.61. The fourth-order valence-electron chi connectivity index (χ4n) is 3.77. The molecule has 3 rings (SSSR count).